The maximum absolute atomic E-state index is 2.56. The van der Waals surface area contributed by atoms with Gasteiger partial charge in [-0.05, 0) is 31.5 Å². The molecule has 2 heterocycles. The van der Waals surface area contributed by atoms with Gasteiger partial charge < -0.3 is 4.57 Å². The van der Waals surface area contributed by atoms with Gasteiger partial charge in [-0.25, -0.2) is 0 Å². The largest absolute Gasteiger partial charge is 0.349 e. The Labute approximate surface area is 109 Å². The van der Waals surface area contributed by atoms with Crippen molar-refractivity contribution in [1.29, 1.82) is 0 Å². The molecule has 1 unspecified atom stereocenters. The average molecular weight is 240 g/mol. The lowest BCUT2D eigenvalue weighted by molar-refractivity contribution is 0.161. The summed E-state index contributed by atoms with van der Waals surface area (Å²) in [5.41, 5.74) is 4.18. The van der Waals surface area contributed by atoms with E-state index in [1.807, 2.05) is 0 Å². The monoisotopic (exact) mass is 240 g/mol. The molecule has 2 nitrogen and oxygen atoms in total. The Balaban J connectivity index is 1.77. The van der Waals surface area contributed by atoms with Gasteiger partial charge in [0.05, 0.1) is 0 Å². The van der Waals surface area contributed by atoms with E-state index in [9.17, 15) is 0 Å². The van der Waals surface area contributed by atoms with Crippen LogP contribution < -0.4 is 0 Å². The van der Waals surface area contributed by atoms with Crippen LogP contribution in [0, 0.1) is 6.92 Å². The molecule has 1 aromatic heterocycles. The highest BCUT2D eigenvalue weighted by atomic mass is 15.2. The Morgan fingerprint density at radius 2 is 1.89 bits per heavy atom. The molecule has 1 aliphatic rings. The molecule has 1 aromatic carbocycles. The van der Waals surface area contributed by atoms with E-state index < -0.39 is 0 Å². The smallest absolute Gasteiger partial charge is 0.0476 e. The second-order valence-electron chi connectivity index (χ2n) is 5.26. The topological polar surface area (TPSA) is 8.17 Å². The third-order valence-electron chi connectivity index (χ3n) is 3.97. The Morgan fingerprint density at radius 1 is 1.11 bits per heavy atom. The number of hydrogen-bond acceptors (Lipinski definition) is 1. The van der Waals surface area contributed by atoms with Gasteiger partial charge in [-0.15, -0.1) is 0 Å². The van der Waals surface area contributed by atoms with E-state index in [0.29, 0.717) is 6.04 Å². The summed E-state index contributed by atoms with van der Waals surface area (Å²) in [5.74, 6) is 0. The molecule has 1 aliphatic heterocycles. The van der Waals surface area contributed by atoms with Crippen molar-refractivity contribution in [2.24, 2.45) is 0 Å². The van der Waals surface area contributed by atoms with E-state index >= 15 is 0 Å². The van der Waals surface area contributed by atoms with Crippen LogP contribution in [0.15, 0.2) is 42.6 Å². The summed E-state index contributed by atoms with van der Waals surface area (Å²) in [4.78, 5) is 2.56. The molecule has 94 valence electrons. The van der Waals surface area contributed by atoms with Crippen LogP contribution in [0.25, 0.3) is 0 Å². The van der Waals surface area contributed by atoms with Crippen LogP contribution in [-0.4, -0.2) is 16.0 Å². The van der Waals surface area contributed by atoms with E-state index in [1.165, 1.54) is 16.8 Å². The molecule has 1 atom stereocenters. The second kappa shape index (κ2) is 4.62. The zero-order valence-corrected chi connectivity index (χ0v) is 11.1. The van der Waals surface area contributed by atoms with Gasteiger partial charge in [-0.2, -0.15) is 0 Å². The first-order valence-corrected chi connectivity index (χ1v) is 6.68. The molecule has 0 bridgehead atoms. The predicted molar refractivity (Wildman–Crippen MR) is 74.4 cm³/mol. The van der Waals surface area contributed by atoms with Gasteiger partial charge in [0, 0.05) is 37.6 Å². The summed E-state index contributed by atoms with van der Waals surface area (Å²) < 4.78 is 2.37. The van der Waals surface area contributed by atoms with Gasteiger partial charge in [0.1, 0.15) is 0 Å². The second-order valence-corrected chi connectivity index (χ2v) is 5.26. The first kappa shape index (κ1) is 11.5. The molecule has 0 amide bonds. The zero-order valence-electron chi connectivity index (χ0n) is 11.1. The third-order valence-corrected chi connectivity index (χ3v) is 3.97. The van der Waals surface area contributed by atoms with E-state index in [2.05, 4.69) is 65.9 Å². The molecule has 0 N–H and O–H groups in total. The number of nitrogens with zero attached hydrogens (tertiary/aromatic N) is 2. The minimum atomic E-state index is 0.509. The van der Waals surface area contributed by atoms with Crippen LogP contribution in [0.2, 0.25) is 0 Å². The first-order chi connectivity index (χ1) is 8.74. The standard InChI is InChI=1S/C16H20N2/c1-13-5-7-15(8-6-13)12-18-11-10-17-9-3-4-16(17)14(18)2/h3-9,14H,10-12H2,1-2H3. The maximum Gasteiger partial charge on any atom is 0.0476 e. The van der Waals surface area contributed by atoms with E-state index in [-0.39, 0.29) is 0 Å². The maximum atomic E-state index is 2.56. The van der Waals surface area contributed by atoms with Crippen molar-refractivity contribution >= 4 is 0 Å². The molecule has 0 fully saturated rings. The highest BCUT2D eigenvalue weighted by molar-refractivity contribution is 5.22. The van der Waals surface area contributed by atoms with Crippen molar-refractivity contribution in [1.82, 2.24) is 9.47 Å². The summed E-state index contributed by atoms with van der Waals surface area (Å²) in [5, 5.41) is 0. The molecule has 0 saturated carbocycles. The lowest BCUT2D eigenvalue weighted by atomic mass is 10.1. The fourth-order valence-corrected chi connectivity index (χ4v) is 2.77. The van der Waals surface area contributed by atoms with Crippen molar-refractivity contribution < 1.29 is 0 Å². The molecule has 3 rings (SSSR count). The van der Waals surface area contributed by atoms with Crippen molar-refractivity contribution in [3.8, 4) is 0 Å². The third kappa shape index (κ3) is 2.08. The highest BCUT2D eigenvalue weighted by Gasteiger charge is 2.22. The molecular formula is C16H20N2. The van der Waals surface area contributed by atoms with Crippen molar-refractivity contribution in [2.45, 2.75) is 33.0 Å². The molecule has 0 saturated heterocycles. The molecule has 0 radical (unpaired) electrons. The molecular weight excluding hydrogens is 220 g/mol. The van der Waals surface area contributed by atoms with Gasteiger partial charge in [-0.1, -0.05) is 29.8 Å². The number of fused-ring (bicyclic) bond motifs is 1. The minimum Gasteiger partial charge on any atom is -0.349 e. The molecule has 0 aliphatic carbocycles. The quantitative estimate of drug-likeness (QED) is 0.781. The lowest BCUT2D eigenvalue weighted by Crippen LogP contribution is -2.35. The Morgan fingerprint density at radius 3 is 2.67 bits per heavy atom. The van der Waals surface area contributed by atoms with Crippen LogP contribution in [0.5, 0.6) is 0 Å². The highest BCUT2D eigenvalue weighted by Crippen LogP contribution is 2.26. The first-order valence-electron chi connectivity index (χ1n) is 6.68. The van der Waals surface area contributed by atoms with Gasteiger partial charge >= 0.3 is 0 Å². The summed E-state index contributed by atoms with van der Waals surface area (Å²) in [6.45, 7) is 7.74. The molecule has 2 aromatic rings. The van der Waals surface area contributed by atoms with Crippen LogP contribution in [0.3, 0.4) is 0 Å². The van der Waals surface area contributed by atoms with E-state index in [4.69, 9.17) is 0 Å². The predicted octanol–water partition coefficient (Wildman–Crippen LogP) is 3.37. The Hall–Kier alpha value is -1.54. The molecule has 2 heteroatoms. The summed E-state index contributed by atoms with van der Waals surface area (Å²) >= 11 is 0. The zero-order chi connectivity index (χ0) is 12.5. The number of benzene rings is 1. The van der Waals surface area contributed by atoms with Crippen LogP contribution in [0.4, 0.5) is 0 Å². The van der Waals surface area contributed by atoms with Gasteiger partial charge in [0.25, 0.3) is 0 Å². The van der Waals surface area contributed by atoms with Crippen molar-refractivity contribution in [3.05, 3.63) is 59.4 Å². The number of aryl methyl sites for hydroxylation is 1. The summed E-state index contributed by atoms with van der Waals surface area (Å²) in [7, 11) is 0. The minimum absolute atomic E-state index is 0.509. The lowest BCUT2D eigenvalue weighted by Gasteiger charge is -2.34. The summed E-state index contributed by atoms with van der Waals surface area (Å²) in [6, 6.07) is 13.8. The van der Waals surface area contributed by atoms with Gasteiger partial charge in [-0.3, -0.25) is 4.90 Å². The van der Waals surface area contributed by atoms with Gasteiger partial charge in [0.2, 0.25) is 0 Å². The molecule has 18 heavy (non-hydrogen) atoms. The van der Waals surface area contributed by atoms with Crippen molar-refractivity contribution in [2.75, 3.05) is 6.54 Å². The van der Waals surface area contributed by atoms with E-state index in [1.54, 1.807) is 0 Å². The SMILES string of the molecule is Cc1ccc(CN2CCn3cccc3C2C)cc1. The summed E-state index contributed by atoms with van der Waals surface area (Å²) in [6.07, 6.45) is 2.19. The fourth-order valence-electron chi connectivity index (χ4n) is 2.77. The van der Waals surface area contributed by atoms with Crippen molar-refractivity contribution in [3.63, 3.8) is 0 Å². The van der Waals surface area contributed by atoms with Crippen LogP contribution in [-0.2, 0) is 13.1 Å². The fraction of sp³-hybridized carbons (Fsp3) is 0.375. The Kier molecular flexibility index (Phi) is 2.96. The number of aromatic nitrogens is 1. The van der Waals surface area contributed by atoms with Crippen LogP contribution in [0.1, 0.15) is 29.8 Å². The number of hydrogen-bond donors (Lipinski definition) is 0. The number of rotatable bonds is 2. The normalized spacial score (nSPS) is 19.8. The molecule has 0 spiro atoms. The Bertz CT molecular complexity index is 524. The average Bonchev–Trinajstić information content (AvgIpc) is 2.84. The van der Waals surface area contributed by atoms with Gasteiger partial charge in [0.15, 0.2) is 0 Å². The van der Waals surface area contributed by atoms with E-state index in [0.717, 1.165) is 19.6 Å². The van der Waals surface area contributed by atoms with Crippen LogP contribution >= 0.6 is 0 Å².